The van der Waals surface area contributed by atoms with E-state index in [4.69, 9.17) is 5.73 Å². The van der Waals surface area contributed by atoms with Crippen LogP contribution in [0, 0.1) is 10.1 Å². The molecule has 0 bridgehead atoms. The number of hydrogen-bond acceptors (Lipinski definition) is 4. The van der Waals surface area contributed by atoms with Crippen LogP contribution in [0.3, 0.4) is 0 Å². The van der Waals surface area contributed by atoms with Crippen LogP contribution < -0.4 is 5.73 Å². The number of alkyl halides is 3. The highest BCUT2D eigenvalue weighted by atomic mass is 19.4. The van der Waals surface area contributed by atoms with Crippen molar-refractivity contribution in [3.63, 3.8) is 0 Å². The summed E-state index contributed by atoms with van der Waals surface area (Å²) in [5, 5.41) is 10.6. The molecule has 0 aliphatic heterocycles. The molecule has 0 atom stereocenters. The number of nitro groups is 1. The van der Waals surface area contributed by atoms with Crippen molar-refractivity contribution in [1.29, 1.82) is 0 Å². The Morgan fingerprint density at radius 3 is 2.28 bits per heavy atom. The molecule has 0 unspecified atom stereocenters. The number of aldehydes is 1. The van der Waals surface area contributed by atoms with Gasteiger partial charge in [0.2, 0.25) is 0 Å². The highest BCUT2D eigenvalue weighted by Gasteiger charge is 2.37. The Hall–Kier alpha value is -2.45. The Balaban J connectivity index is 3.75. The Morgan fingerprint density at radius 2 is 1.94 bits per heavy atom. The third kappa shape index (κ3) is 2.29. The maximum Gasteiger partial charge on any atom is 0.417 e. The minimum Gasteiger partial charge on any atom is -0.365 e. The van der Waals surface area contributed by atoms with E-state index in [1.54, 1.807) is 0 Å². The number of carbonyl (C=O) groups excluding carboxylic acids is 2. The number of nitro benzene ring substituents is 1. The molecule has 0 aromatic heterocycles. The second kappa shape index (κ2) is 4.43. The average molecular weight is 262 g/mol. The monoisotopic (exact) mass is 262 g/mol. The van der Waals surface area contributed by atoms with Gasteiger partial charge in [-0.05, 0) is 6.07 Å². The van der Waals surface area contributed by atoms with Gasteiger partial charge in [-0.15, -0.1) is 0 Å². The van der Waals surface area contributed by atoms with Crippen LogP contribution in [-0.4, -0.2) is 17.1 Å². The van der Waals surface area contributed by atoms with E-state index < -0.39 is 39.4 Å². The van der Waals surface area contributed by atoms with Crippen LogP contribution in [0.25, 0.3) is 0 Å². The van der Waals surface area contributed by atoms with Gasteiger partial charge in [-0.3, -0.25) is 19.7 Å². The van der Waals surface area contributed by atoms with Gasteiger partial charge in [0, 0.05) is 11.6 Å². The first kappa shape index (κ1) is 13.6. The van der Waals surface area contributed by atoms with Crippen molar-refractivity contribution in [2.45, 2.75) is 6.18 Å². The summed E-state index contributed by atoms with van der Waals surface area (Å²) in [6.45, 7) is 0. The van der Waals surface area contributed by atoms with E-state index in [1.807, 2.05) is 0 Å². The number of benzene rings is 1. The number of nitrogens with zero attached hydrogens (tertiary/aromatic N) is 1. The Morgan fingerprint density at radius 1 is 1.39 bits per heavy atom. The highest BCUT2D eigenvalue weighted by molar-refractivity contribution is 6.04. The standard InChI is InChI=1S/C9H5F3N2O4/c10-9(11,12)5-1-2-6(14(17)18)7(8(13)16)4(5)3-15/h1-3H,(H2,13,16). The summed E-state index contributed by atoms with van der Waals surface area (Å²) in [7, 11) is 0. The largest absolute Gasteiger partial charge is 0.417 e. The Bertz CT molecular complexity index is 539. The van der Waals surface area contributed by atoms with E-state index >= 15 is 0 Å². The Labute approximate surface area is 97.3 Å². The minimum absolute atomic E-state index is 0.282. The first-order chi connectivity index (χ1) is 8.20. The van der Waals surface area contributed by atoms with Gasteiger partial charge in [0.25, 0.3) is 11.6 Å². The molecule has 1 amide bonds. The molecule has 96 valence electrons. The normalized spacial score (nSPS) is 11.1. The lowest BCUT2D eigenvalue weighted by atomic mass is 9.99. The SMILES string of the molecule is NC(=O)c1c([N+](=O)[O-])ccc(C(F)(F)F)c1C=O. The fraction of sp³-hybridized carbons (Fsp3) is 0.111. The topological polar surface area (TPSA) is 103 Å². The van der Waals surface area contributed by atoms with E-state index in [9.17, 15) is 32.9 Å². The van der Waals surface area contributed by atoms with E-state index in [0.29, 0.717) is 12.1 Å². The molecule has 1 aromatic carbocycles. The molecule has 0 heterocycles. The number of rotatable bonds is 3. The fourth-order valence-electron chi connectivity index (χ4n) is 1.39. The van der Waals surface area contributed by atoms with Crippen LogP contribution in [-0.2, 0) is 6.18 Å². The zero-order valence-electron chi connectivity index (χ0n) is 8.52. The van der Waals surface area contributed by atoms with Crippen LogP contribution >= 0.6 is 0 Å². The maximum absolute atomic E-state index is 12.5. The highest BCUT2D eigenvalue weighted by Crippen LogP contribution is 2.35. The van der Waals surface area contributed by atoms with Gasteiger partial charge in [-0.2, -0.15) is 13.2 Å². The quantitative estimate of drug-likeness (QED) is 0.506. The Kier molecular flexibility index (Phi) is 3.35. The lowest BCUT2D eigenvalue weighted by Gasteiger charge is -2.11. The average Bonchev–Trinajstić information content (AvgIpc) is 2.25. The summed E-state index contributed by atoms with van der Waals surface area (Å²) >= 11 is 0. The molecule has 0 fully saturated rings. The molecule has 6 nitrogen and oxygen atoms in total. The molecule has 18 heavy (non-hydrogen) atoms. The zero-order chi connectivity index (χ0) is 14.1. The molecular formula is C9H5F3N2O4. The molecular weight excluding hydrogens is 257 g/mol. The lowest BCUT2D eigenvalue weighted by Crippen LogP contribution is -2.20. The van der Waals surface area contributed by atoms with Crippen LogP contribution in [0.2, 0.25) is 0 Å². The number of amides is 1. The summed E-state index contributed by atoms with van der Waals surface area (Å²) < 4.78 is 37.6. The van der Waals surface area contributed by atoms with Gasteiger partial charge < -0.3 is 5.73 Å². The number of hydrogen-bond donors (Lipinski definition) is 1. The number of carbonyl (C=O) groups is 2. The van der Waals surface area contributed by atoms with Crippen LogP contribution in [0.15, 0.2) is 12.1 Å². The summed E-state index contributed by atoms with van der Waals surface area (Å²) in [5.74, 6) is -1.48. The lowest BCUT2D eigenvalue weighted by molar-refractivity contribution is -0.385. The summed E-state index contributed by atoms with van der Waals surface area (Å²) in [5.41, 5.74) is 0.191. The second-order valence-electron chi connectivity index (χ2n) is 3.16. The van der Waals surface area contributed by atoms with Crippen LogP contribution in [0.5, 0.6) is 0 Å². The first-order valence-electron chi connectivity index (χ1n) is 4.33. The maximum atomic E-state index is 12.5. The van der Waals surface area contributed by atoms with E-state index in [2.05, 4.69) is 0 Å². The van der Waals surface area contributed by atoms with E-state index in [-0.39, 0.29) is 6.29 Å². The zero-order valence-corrected chi connectivity index (χ0v) is 8.52. The molecule has 0 aliphatic rings. The summed E-state index contributed by atoms with van der Waals surface area (Å²) in [4.78, 5) is 31.1. The van der Waals surface area contributed by atoms with Crippen molar-refractivity contribution in [2.24, 2.45) is 5.73 Å². The fourth-order valence-corrected chi connectivity index (χ4v) is 1.39. The molecule has 2 N–H and O–H groups in total. The molecule has 0 saturated heterocycles. The third-order valence-corrected chi connectivity index (χ3v) is 2.09. The summed E-state index contributed by atoms with van der Waals surface area (Å²) in [6, 6.07) is 0.838. The van der Waals surface area contributed by atoms with Gasteiger partial charge in [0.1, 0.15) is 5.56 Å². The third-order valence-electron chi connectivity index (χ3n) is 2.09. The molecule has 1 rings (SSSR count). The first-order valence-corrected chi connectivity index (χ1v) is 4.33. The van der Waals surface area contributed by atoms with Gasteiger partial charge in [0.15, 0.2) is 6.29 Å². The van der Waals surface area contributed by atoms with Crippen molar-refractivity contribution < 1.29 is 27.7 Å². The molecule has 0 radical (unpaired) electrons. The summed E-state index contributed by atoms with van der Waals surface area (Å²) in [6.07, 6.45) is -5.20. The van der Waals surface area contributed by atoms with Gasteiger partial charge in [-0.25, -0.2) is 0 Å². The van der Waals surface area contributed by atoms with E-state index in [0.717, 1.165) is 0 Å². The minimum atomic E-state index is -4.92. The number of nitrogens with two attached hydrogens (primary N) is 1. The van der Waals surface area contributed by atoms with Crippen LogP contribution in [0.4, 0.5) is 18.9 Å². The van der Waals surface area contributed by atoms with Gasteiger partial charge in [-0.1, -0.05) is 0 Å². The number of halogens is 3. The van der Waals surface area contributed by atoms with Crippen molar-refractivity contribution in [1.82, 2.24) is 0 Å². The van der Waals surface area contributed by atoms with Crippen LogP contribution in [0.1, 0.15) is 26.3 Å². The van der Waals surface area contributed by atoms with Gasteiger partial charge >= 0.3 is 6.18 Å². The number of primary amides is 1. The van der Waals surface area contributed by atoms with Crippen molar-refractivity contribution in [2.75, 3.05) is 0 Å². The molecule has 1 aromatic rings. The van der Waals surface area contributed by atoms with E-state index in [1.165, 1.54) is 0 Å². The van der Waals surface area contributed by atoms with Crippen molar-refractivity contribution in [3.05, 3.63) is 38.9 Å². The smallest absolute Gasteiger partial charge is 0.365 e. The predicted molar refractivity (Wildman–Crippen MR) is 52.0 cm³/mol. The van der Waals surface area contributed by atoms with Crippen molar-refractivity contribution >= 4 is 17.9 Å². The molecule has 9 heteroatoms. The molecule has 0 aliphatic carbocycles. The second-order valence-corrected chi connectivity index (χ2v) is 3.16. The predicted octanol–water partition coefficient (Wildman–Crippen LogP) is 1.52. The molecule has 0 spiro atoms. The van der Waals surface area contributed by atoms with Gasteiger partial charge in [0.05, 0.1) is 10.5 Å². The molecule has 0 saturated carbocycles. The van der Waals surface area contributed by atoms with Crippen molar-refractivity contribution in [3.8, 4) is 0 Å².